The van der Waals surface area contributed by atoms with E-state index in [0.717, 1.165) is 24.7 Å². The second kappa shape index (κ2) is 5.61. The van der Waals surface area contributed by atoms with Gasteiger partial charge < -0.3 is 10.6 Å². The van der Waals surface area contributed by atoms with E-state index in [-0.39, 0.29) is 5.84 Å². The minimum absolute atomic E-state index is 0.0629. The van der Waals surface area contributed by atoms with Crippen molar-refractivity contribution >= 4 is 23.1 Å². The molecule has 1 aromatic rings. The fraction of sp³-hybridized carbons (Fsp3) is 0.500. The molecule has 4 heteroatoms. The van der Waals surface area contributed by atoms with E-state index < -0.39 is 0 Å². The van der Waals surface area contributed by atoms with E-state index in [1.165, 1.54) is 19.3 Å². The van der Waals surface area contributed by atoms with Crippen LogP contribution >= 0.6 is 11.6 Å². The number of benzene rings is 1. The Balaban J connectivity index is 2.20. The van der Waals surface area contributed by atoms with Gasteiger partial charge in [-0.1, -0.05) is 18.5 Å². The van der Waals surface area contributed by atoms with Gasteiger partial charge >= 0.3 is 0 Å². The summed E-state index contributed by atoms with van der Waals surface area (Å²) in [5, 5.41) is 8.11. The third-order valence-corrected chi connectivity index (χ3v) is 3.92. The Bertz CT molecular complexity index is 445. The highest BCUT2D eigenvalue weighted by Crippen LogP contribution is 2.29. The maximum absolute atomic E-state index is 7.41. The number of anilines is 1. The molecule has 0 radical (unpaired) electrons. The Morgan fingerprint density at radius 2 is 2.17 bits per heavy atom. The highest BCUT2D eigenvalue weighted by molar-refractivity contribution is 6.33. The van der Waals surface area contributed by atoms with Crippen molar-refractivity contribution in [3.63, 3.8) is 0 Å². The third-order valence-electron chi connectivity index (χ3n) is 3.62. The number of nitrogens with two attached hydrogens (primary N) is 1. The average Bonchev–Trinajstić information content (AvgIpc) is 2.54. The molecule has 0 spiro atoms. The molecule has 0 aliphatic carbocycles. The molecular weight excluding hydrogens is 246 g/mol. The summed E-state index contributed by atoms with van der Waals surface area (Å²) in [5.74, 6) is 0.859. The van der Waals surface area contributed by atoms with Gasteiger partial charge in [-0.3, -0.25) is 5.41 Å². The first-order valence-electron chi connectivity index (χ1n) is 6.47. The molecule has 0 bridgehead atoms. The first kappa shape index (κ1) is 13.2. The van der Waals surface area contributed by atoms with Gasteiger partial charge in [-0.05, 0) is 43.4 Å². The molecule has 0 aromatic heterocycles. The van der Waals surface area contributed by atoms with Crippen LogP contribution in [0.5, 0.6) is 0 Å². The SMILES string of the molecule is CC1CCCN(c2ccc(C(=N)N)cc2Cl)CC1. The lowest BCUT2D eigenvalue weighted by molar-refractivity contribution is 0.521. The van der Waals surface area contributed by atoms with Crippen molar-refractivity contribution in [2.75, 3.05) is 18.0 Å². The third kappa shape index (κ3) is 2.96. The van der Waals surface area contributed by atoms with Crippen molar-refractivity contribution in [3.8, 4) is 0 Å². The second-order valence-corrected chi connectivity index (χ2v) is 5.51. The smallest absolute Gasteiger partial charge is 0.122 e. The molecule has 2 rings (SSSR count). The van der Waals surface area contributed by atoms with Crippen LogP contribution < -0.4 is 10.6 Å². The molecule has 18 heavy (non-hydrogen) atoms. The molecule has 1 atom stereocenters. The monoisotopic (exact) mass is 265 g/mol. The molecule has 1 aliphatic heterocycles. The summed E-state index contributed by atoms with van der Waals surface area (Å²) in [4.78, 5) is 2.34. The number of nitrogen functional groups attached to an aromatic ring is 1. The van der Waals surface area contributed by atoms with Crippen molar-refractivity contribution < 1.29 is 0 Å². The van der Waals surface area contributed by atoms with Gasteiger partial charge in [0, 0.05) is 18.7 Å². The van der Waals surface area contributed by atoms with E-state index >= 15 is 0 Å². The van der Waals surface area contributed by atoms with Crippen LogP contribution in [-0.2, 0) is 0 Å². The van der Waals surface area contributed by atoms with Crippen molar-refractivity contribution in [3.05, 3.63) is 28.8 Å². The van der Waals surface area contributed by atoms with Crippen LogP contribution in [0.3, 0.4) is 0 Å². The second-order valence-electron chi connectivity index (χ2n) is 5.10. The van der Waals surface area contributed by atoms with Crippen LogP contribution in [0.4, 0.5) is 5.69 Å². The number of halogens is 1. The van der Waals surface area contributed by atoms with E-state index in [0.29, 0.717) is 10.6 Å². The Hall–Kier alpha value is -1.22. The first-order chi connectivity index (χ1) is 8.58. The molecule has 3 nitrogen and oxygen atoms in total. The minimum Gasteiger partial charge on any atom is -0.384 e. The summed E-state index contributed by atoms with van der Waals surface area (Å²) >= 11 is 6.30. The zero-order chi connectivity index (χ0) is 13.1. The molecule has 0 saturated carbocycles. The number of hydrogen-bond donors (Lipinski definition) is 2. The number of hydrogen-bond acceptors (Lipinski definition) is 2. The van der Waals surface area contributed by atoms with Crippen LogP contribution in [-0.4, -0.2) is 18.9 Å². The van der Waals surface area contributed by atoms with Crippen molar-refractivity contribution in [2.24, 2.45) is 11.7 Å². The van der Waals surface area contributed by atoms with Crippen LogP contribution in [0.25, 0.3) is 0 Å². The Labute approximate surface area is 113 Å². The van der Waals surface area contributed by atoms with E-state index in [2.05, 4.69) is 11.8 Å². The standard InChI is InChI=1S/C14H20ClN3/c1-10-3-2-7-18(8-6-10)13-5-4-11(14(16)17)9-12(13)15/h4-5,9-10H,2-3,6-8H2,1H3,(H3,16,17). The average molecular weight is 266 g/mol. The lowest BCUT2D eigenvalue weighted by Gasteiger charge is -2.24. The first-order valence-corrected chi connectivity index (χ1v) is 6.84. The lowest BCUT2D eigenvalue weighted by Crippen LogP contribution is -2.24. The number of rotatable bonds is 2. The van der Waals surface area contributed by atoms with Crippen molar-refractivity contribution in [2.45, 2.75) is 26.2 Å². The Morgan fingerprint density at radius 3 is 2.83 bits per heavy atom. The fourth-order valence-electron chi connectivity index (χ4n) is 2.43. The zero-order valence-corrected chi connectivity index (χ0v) is 11.5. The van der Waals surface area contributed by atoms with Gasteiger partial charge in [0.15, 0.2) is 0 Å². The number of nitrogens with one attached hydrogen (secondary N) is 1. The van der Waals surface area contributed by atoms with Gasteiger partial charge in [0.2, 0.25) is 0 Å². The fourth-order valence-corrected chi connectivity index (χ4v) is 2.73. The summed E-state index contributed by atoms with van der Waals surface area (Å²) in [6.07, 6.45) is 3.72. The van der Waals surface area contributed by atoms with Gasteiger partial charge in [-0.15, -0.1) is 0 Å². The molecular formula is C14H20ClN3. The van der Waals surface area contributed by atoms with Gasteiger partial charge in [0.25, 0.3) is 0 Å². The molecule has 1 aliphatic rings. The van der Waals surface area contributed by atoms with Gasteiger partial charge in [-0.25, -0.2) is 0 Å². The quantitative estimate of drug-likeness (QED) is 0.637. The maximum Gasteiger partial charge on any atom is 0.122 e. The van der Waals surface area contributed by atoms with E-state index in [1.807, 2.05) is 12.1 Å². The maximum atomic E-state index is 7.41. The van der Waals surface area contributed by atoms with E-state index in [9.17, 15) is 0 Å². The molecule has 1 heterocycles. The molecule has 3 N–H and O–H groups in total. The topological polar surface area (TPSA) is 53.1 Å². The van der Waals surface area contributed by atoms with Gasteiger partial charge in [-0.2, -0.15) is 0 Å². The number of amidine groups is 1. The summed E-state index contributed by atoms with van der Waals surface area (Å²) in [7, 11) is 0. The predicted molar refractivity (Wildman–Crippen MR) is 77.7 cm³/mol. The van der Waals surface area contributed by atoms with Crippen molar-refractivity contribution in [1.29, 1.82) is 5.41 Å². The number of nitrogens with zero attached hydrogens (tertiary/aromatic N) is 1. The summed E-state index contributed by atoms with van der Waals surface area (Å²) in [6, 6.07) is 5.64. The summed E-state index contributed by atoms with van der Waals surface area (Å²) in [5.41, 5.74) is 7.22. The summed E-state index contributed by atoms with van der Waals surface area (Å²) in [6.45, 7) is 4.42. The molecule has 1 aromatic carbocycles. The summed E-state index contributed by atoms with van der Waals surface area (Å²) < 4.78 is 0. The van der Waals surface area contributed by atoms with Crippen molar-refractivity contribution in [1.82, 2.24) is 0 Å². The van der Waals surface area contributed by atoms with Gasteiger partial charge in [0.1, 0.15) is 5.84 Å². The van der Waals surface area contributed by atoms with Crippen LogP contribution in [0.1, 0.15) is 31.7 Å². The lowest BCUT2D eigenvalue weighted by atomic mass is 10.0. The Kier molecular flexibility index (Phi) is 4.12. The minimum atomic E-state index is 0.0629. The van der Waals surface area contributed by atoms with Gasteiger partial charge in [0.05, 0.1) is 10.7 Å². The molecule has 1 saturated heterocycles. The molecule has 0 amide bonds. The normalized spacial score (nSPS) is 20.6. The van der Waals surface area contributed by atoms with Crippen LogP contribution in [0, 0.1) is 11.3 Å². The largest absolute Gasteiger partial charge is 0.384 e. The highest BCUT2D eigenvalue weighted by atomic mass is 35.5. The van der Waals surface area contributed by atoms with Crippen LogP contribution in [0.15, 0.2) is 18.2 Å². The molecule has 1 unspecified atom stereocenters. The Morgan fingerprint density at radius 1 is 1.39 bits per heavy atom. The molecule has 1 fully saturated rings. The zero-order valence-electron chi connectivity index (χ0n) is 10.7. The van der Waals surface area contributed by atoms with E-state index in [1.54, 1.807) is 6.07 Å². The predicted octanol–water partition coefficient (Wildman–Crippen LogP) is 3.25. The molecule has 98 valence electrons. The van der Waals surface area contributed by atoms with Crippen LogP contribution in [0.2, 0.25) is 5.02 Å². The van der Waals surface area contributed by atoms with E-state index in [4.69, 9.17) is 22.7 Å². The highest BCUT2D eigenvalue weighted by Gasteiger charge is 2.16.